The summed E-state index contributed by atoms with van der Waals surface area (Å²) in [6, 6.07) is 5.28. The van der Waals surface area contributed by atoms with Crippen molar-refractivity contribution in [3.8, 4) is 0 Å². The number of hydrogen-bond donors (Lipinski definition) is 2. The highest BCUT2D eigenvalue weighted by molar-refractivity contribution is 5.92. The molecule has 1 atom stereocenters. The fraction of sp³-hybridized carbons (Fsp3) is 0.500. The Bertz CT molecular complexity index is 749. The smallest absolute Gasteiger partial charge is 0.335 e. The number of aromatic nitrogens is 2. The van der Waals surface area contributed by atoms with E-state index in [0.29, 0.717) is 18.5 Å². The van der Waals surface area contributed by atoms with Crippen LogP contribution in [0.1, 0.15) is 56.3 Å². The highest BCUT2D eigenvalue weighted by atomic mass is 16.4. The number of benzene rings is 1. The third-order valence-electron chi connectivity index (χ3n) is 4.21. The Morgan fingerprint density at radius 2 is 2.00 bits per heavy atom. The van der Waals surface area contributed by atoms with Crippen molar-refractivity contribution in [2.75, 3.05) is 6.54 Å². The van der Waals surface area contributed by atoms with E-state index in [4.69, 9.17) is 5.11 Å². The van der Waals surface area contributed by atoms with E-state index < -0.39 is 5.97 Å². The molecule has 130 valence electrons. The maximum Gasteiger partial charge on any atom is 0.335 e. The van der Waals surface area contributed by atoms with Gasteiger partial charge in [-0.15, -0.1) is 0 Å². The van der Waals surface area contributed by atoms with Crippen LogP contribution in [0.2, 0.25) is 0 Å². The second-order valence-electron chi connectivity index (χ2n) is 6.36. The molecule has 1 aromatic carbocycles. The first-order chi connectivity index (χ1) is 11.3. The highest BCUT2D eigenvalue weighted by Gasteiger charge is 2.16. The van der Waals surface area contributed by atoms with Crippen molar-refractivity contribution in [3.05, 3.63) is 29.6 Å². The van der Waals surface area contributed by atoms with Gasteiger partial charge in [0.15, 0.2) is 0 Å². The lowest BCUT2D eigenvalue weighted by molar-refractivity contribution is -0.123. The predicted octanol–water partition coefficient (Wildman–Crippen LogP) is 3.02. The Kier molecular flexibility index (Phi) is 5.59. The van der Waals surface area contributed by atoms with E-state index in [1.165, 1.54) is 0 Å². The zero-order chi connectivity index (χ0) is 17.9. The largest absolute Gasteiger partial charge is 0.478 e. The van der Waals surface area contributed by atoms with E-state index in [9.17, 15) is 9.59 Å². The number of carboxylic acids is 1. The molecular weight excluding hydrogens is 306 g/mol. The SMILES string of the molecule is CCC(C)n1c(CCNC(=O)C(C)C)nc2cc(C(=O)O)ccc21. The first-order valence-corrected chi connectivity index (χ1v) is 8.37. The number of imidazole rings is 1. The van der Waals surface area contributed by atoms with Gasteiger partial charge in [-0.05, 0) is 31.5 Å². The summed E-state index contributed by atoms with van der Waals surface area (Å²) < 4.78 is 2.14. The maximum absolute atomic E-state index is 11.7. The summed E-state index contributed by atoms with van der Waals surface area (Å²) in [6.45, 7) is 8.45. The van der Waals surface area contributed by atoms with Gasteiger partial charge in [-0.2, -0.15) is 0 Å². The quantitative estimate of drug-likeness (QED) is 0.817. The second-order valence-corrected chi connectivity index (χ2v) is 6.36. The molecule has 0 spiro atoms. The topological polar surface area (TPSA) is 84.2 Å². The Balaban J connectivity index is 2.33. The number of rotatable bonds is 7. The lowest BCUT2D eigenvalue weighted by Gasteiger charge is -2.16. The van der Waals surface area contributed by atoms with Gasteiger partial charge in [0.25, 0.3) is 0 Å². The fourth-order valence-corrected chi connectivity index (χ4v) is 2.63. The number of carbonyl (C=O) groups excluding carboxylic acids is 1. The summed E-state index contributed by atoms with van der Waals surface area (Å²) >= 11 is 0. The van der Waals surface area contributed by atoms with Crippen LogP contribution < -0.4 is 5.32 Å². The molecule has 0 aliphatic rings. The minimum atomic E-state index is -0.958. The number of carboxylic acid groups (broad SMARTS) is 1. The van der Waals surface area contributed by atoms with Crippen molar-refractivity contribution in [3.63, 3.8) is 0 Å². The molecule has 1 amide bonds. The standard InChI is InChI=1S/C18H25N3O3/c1-5-12(4)21-15-7-6-13(18(23)24)10-14(15)20-16(21)8-9-19-17(22)11(2)3/h6-7,10-12H,5,8-9H2,1-4H3,(H,19,22)(H,23,24). The van der Waals surface area contributed by atoms with Crippen LogP contribution in [-0.4, -0.2) is 33.1 Å². The van der Waals surface area contributed by atoms with Crippen molar-refractivity contribution in [2.24, 2.45) is 5.92 Å². The Morgan fingerprint density at radius 3 is 2.58 bits per heavy atom. The molecule has 0 aliphatic carbocycles. The van der Waals surface area contributed by atoms with Crippen molar-refractivity contribution in [1.82, 2.24) is 14.9 Å². The number of nitrogens with one attached hydrogen (secondary N) is 1. The number of nitrogens with zero attached hydrogens (tertiary/aromatic N) is 2. The molecule has 2 N–H and O–H groups in total. The molecule has 0 saturated heterocycles. The van der Waals surface area contributed by atoms with Crippen molar-refractivity contribution in [1.29, 1.82) is 0 Å². The average Bonchev–Trinajstić information content (AvgIpc) is 2.91. The zero-order valence-corrected chi connectivity index (χ0v) is 14.7. The second kappa shape index (κ2) is 7.47. The summed E-state index contributed by atoms with van der Waals surface area (Å²) in [7, 11) is 0. The van der Waals surface area contributed by atoms with Crippen molar-refractivity contribution in [2.45, 2.75) is 46.6 Å². The molecule has 1 heterocycles. The number of hydrogen-bond acceptors (Lipinski definition) is 3. The third-order valence-corrected chi connectivity index (χ3v) is 4.21. The first-order valence-electron chi connectivity index (χ1n) is 8.37. The average molecular weight is 331 g/mol. The number of carbonyl (C=O) groups is 2. The van der Waals surface area contributed by atoms with Gasteiger partial charge >= 0.3 is 5.97 Å². The summed E-state index contributed by atoms with van der Waals surface area (Å²) in [5.41, 5.74) is 1.84. The molecule has 0 bridgehead atoms. The van der Waals surface area contributed by atoms with Gasteiger partial charge in [0.05, 0.1) is 16.6 Å². The molecule has 0 radical (unpaired) electrons. The van der Waals surface area contributed by atoms with E-state index in [2.05, 4.69) is 28.7 Å². The lowest BCUT2D eigenvalue weighted by Crippen LogP contribution is -2.30. The Morgan fingerprint density at radius 1 is 1.29 bits per heavy atom. The molecule has 24 heavy (non-hydrogen) atoms. The van der Waals surface area contributed by atoms with Crippen LogP contribution in [0.4, 0.5) is 0 Å². The number of amides is 1. The zero-order valence-electron chi connectivity index (χ0n) is 14.7. The Hall–Kier alpha value is -2.37. The van der Waals surface area contributed by atoms with Crippen LogP contribution in [0.3, 0.4) is 0 Å². The summed E-state index contributed by atoms with van der Waals surface area (Å²) in [6.07, 6.45) is 1.55. The summed E-state index contributed by atoms with van der Waals surface area (Å²) in [5, 5.41) is 12.1. The molecule has 6 nitrogen and oxygen atoms in total. The van der Waals surface area contributed by atoms with Crippen molar-refractivity contribution < 1.29 is 14.7 Å². The molecule has 6 heteroatoms. The molecule has 1 aromatic heterocycles. The van der Waals surface area contributed by atoms with E-state index >= 15 is 0 Å². The van der Waals surface area contributed by atoms with Gasteiger partial charge < -0.3 is 15.0 Å². The minimum absolute atomic E-state index is 0.0226. The van der Waals surface area contributed by atoms with Crippen LogP contribution in [0.15, 0.2) is 18.2 Å². The van der Waals surface area contributed by atoms with E-state index in [0.717, 1.165) is 17.8 Å². The normalized spacial score (nSPS) is 12.5. The van der Waals surface area contributed by atoms with Gasteiger partial charge in [0.1, 0.15) is 5.82 Å². The highest BCUT2D eigenvalue weighted by Crippen LogP contribution is 2.24. The van der Waals surface area contributed by atoms with Crippen molar-refractivity contribution >= 4 is 22.9 Å². The molecular formula is C18H25N3O3. The van der Waals surface area contributed by atoms with Crippen LogP contribution in [0.5, 0.6) is 0 Å². The van der Waals surface area contributed by atoms with Gasteiger partial charge in [-0.1, -0.05) is 20.8 Å². The van der Waals surface area contributed by atoms with Gasteiger partial charge in [0.2, 0.25) is 5.91 Å². The monoisotopic (exact) mass is 331 g/mol. The molecule has 2 rings (SSSR count). The van der Waals surface area contributed by atoms with Gasteiger partial charge in [-0.3, -0.25) is 4.79 Å². The van der Waals surface area contributed by atoms with E-state index in [-0.39, 0.29) is 23.4 Å². The van der Waals surface area contributed by atoms with E-state index in [1.54, 1.807) is 12.1 Å². The maximum atomic E-state index is 11.7. The van der Waals surface area contributed by atoms with Crippen LogP contribution in [0.25, 0.3) is 11.0 Å². The van der Waals surface area contributed by atoms with E-state index in [1.807, 2.05) is 19.9 Å². The lowest BCUT2D eigenvalue weighted by atomic mass is 10.2. The predicted molar refractivity (Wildman–Crippen MR) is 93.2 cm³/mol. The van der Waals surface area contributed by atoms with Crippen LogP contribution in [0, 0.1) is 5.92 Å². The molecule has 1 unspecified atom stereocenters. The molecule has 2 aromatic rings. The van der Waals surface area contributed by atoms with Crippen LogP contribution >= 0.6 is 0 Å². The molecule has 0 fully saturated rings. The van der Waals surface area contributed by atoms with Gasteiger partial charge in [-0.25, -0.2) is 9.78 Å². The van der Waals surface area contributed by atoms with Gasteiger partial charge in [0, 0.05) is 24.9 Å². The Labute approximate surface area is 141 Å². The summed E-state index contributed by atoms with van der Waals surface area (Å²) in [5.74, 6) is -0.113. The minimum Gasteiger partial charge on any atom is -0.478 e. The molecule has 0 saturated carbocycles. The molecule has 0 aliphatic heterocycles. The fourth-order valence-electron chi connectivity index (χ4n) is 2.63. The third kappa shape index (κ3) is 3.75. The van der Waals surface area contributed by atoms with Crippen LogP contribution in [-0.2, 0) is 11.2 Å². The first kappa shape index (κ1) is 18.0. The number of aromatic carboxylic acids is 1. The summed E-state index contributed by atoms with van der Waals surface area (Å²) in [4.78, 5) is 27.5. The number of fused-ring (bicyclic) bond motifs is 1.